The van der Waals surface area contributed by atoms with Crippen molar-refractivity contribution >= 4 is 46.6 Å². The van der Waals surface area contributed by atoms with Crippen LogP contribution in [0.15, 0.2) is 23.4 Å². The number of nitrogens with zero attached hydrogens (tertiary/aromatic N) is 3. The fourth-order valence-corrected chi connectivity index (χ4v) is 4.14. The summed E-state index contributed by atoms with van der Waals surface area (Å²) in [6.07, 6.45) is 4.72. The first kappa shape index (κ1) is 17.2. The Morgan fingerprint density at radius 2 is 1.92 bits per heavy atom. The van der Waals surface area contributed by atoms with Crippen LogP contribution in [0.1, 0.15) is 50.4 Å². The second-order valence-electron chi connectivity index (χ2n) is 6.56. The van der Waals surface area contributed by atoms with Gasteiger partial charge >= 0.3 is 0 Å². The van der Waals surface area contributed by atoms with Crippen molar-refractivity contribution in [2.45, 2.75) is 55.0 Å². The third-order valence-electron chi connectivity index (χ3n) is 4.41. The first-order valence-electron chi connectivity index (χ1n) is 8.41. The van der Waals surface area contributed by atoms with Crippen LogP contribution in [0, 0.1) is 0 Å². The lowest BCUT2D eigenvalue weighted by Gasteiger charge is -2.14. The van der Waals surface area contributed by atoms with Crippen molar-refractivity contribution in [2.75, 3.05) is 5.32 Å². The normalized spacial score (nSPS) is 18.2. The highest BCUT2D eigenvalue weighted by Crippen LogP contribution is 2.46. The Morgan fingerprint density at radius 3 is 2.52 bits per heavy atom. The number of rotatable bonds is 6. The smallest absolute Gasteiger partial charge is 0.237 e. The number of aromatic nitrogens is 3. The highest BCUT2D eigenvalue weighted by Gasteiger charge is 2.37. The molecule has 0 unspecified atom stereocenters. The molecule has 1 N–H and O–H groups in total. The molecule has 0 radical (unpaired) electrons. The largest absolute Gasteiger partial charge is 0.323 e. The predicted molar refractivity (Wildman–Crippen MR) is 101 cm³/mol. The topological polar surface area (TPSA) is 59.8 Å². The van der Waals surface area contributed by atoms with Crippen LogP contribution in [-0.4, -0.2) is 25.9 Å². The number of para-hydroxylation sites is 1. The summed E-state index contributed by atoms with van der Waals surface area (Å²) in [6.45, 7) is 1.85. The minimum absolute atomic E-state index is 0.154. The summed E-state index contributed by atoms with van der Waals surface area (Å²) in [7, 11) is 0. The number of halogens is 2. The van der Waals surface area contributed by atoms with Crippen molar-refractivity contribution in [2.24, 2.45) is 0 Å². The lowest BCUT2D eigenvalue weighted by atomic mass is 10.3. The van der Waals surface area contributed by atoms with Gasteiger partial charge in [0.15, 0.2) is 5.16 Å². The molecule has 25 heavy (non-hydrogen) atoms. The van der Waals surface area contributed by atoms with E-state index >= 15 is 0 Å². The van der Waals surface area contributed by atoms with E-state index in [0.29, 0.717) is 27.7 Å². The molecular formula is C17H18Cl2N4OS. The second-order valence-corrected chi connectivity index (χ2v) is 8.68. The molecule has 2 aromatic rings. The van der Waals surface area contributed by atoms with Gasteiger partial charge in [0.2, 0.25) is 5.91 Å². The van der Waals surface area contributed by atoms with Crippen molar-refractivity contribution in [3.05, 3.63) is 34.1 Å². The van der Waals surface area contributed by atoms with Gasteiger partial charge in [0.1, 0.15) is 5.82 Å². The number of hydrogen-bond acceptors (Lipinski definition) is 4. The number of nitrogens with one attached hydrogen (secondary N) is 1. The summed E-state index contributed by atoms with van der Waals surface area (Å²) in [5, 5.41) is 12.9. The van der Waals surface area contributed by atoms with E-state index < -0.39 is 0 Å². The molecule has 1 aromatic heterocycles. The van der Waals surface area contributed by atoms with Crippen LogP contribution in [0.5, 0.6) is 0 Å². The Morgan fingerprint density at radius 1 is 1.24 bits per heavy atom. The maximum absolute atomic E-state index is 12.6. The molecule has 1 atom stereocenters. The van der Waals surface area contributed by atoms with Crippen LogP contribution in [-0.2, 0) is 4.79 Å². The van der Waals surface area contributed by atoms with Crippen molar-refractivity contribution in [3.63, 3.8) is 0 Å². The van der Waals surface area contributed by atoms with Gasteiger partial charge in [-0.15, -0.1) is 10.2 Å². The first-order chi connectivity index (χ1) is 12.0. The molecular weight excluding hydrogens is 379 g/mol. The van der Waals surface area contributed by atoms with Crippen molar-refractivity contribution in [1.82, 2.24) is 14.8 Å². The Bertz CT molecular complexity index is 797. The number of hydrogen-bond donors (Lipinski definition) is 1. The zero-order valence-electron chi connectivity index (χ0n) is 13.7. The van der Waals surface area contributed by atoms with Crippen LogP contribution in [0.25, 0.3) is 0 Å². The lowest BCUT2D eigenvalue weighted by Crippen LogP contribution is -2.23. The Kier molecular flexibility index (Phi) is 4.69. The molecule has 4 rings (SSSR count). The molecule has 2 saturated carbocycles. The average molecular weight is 397 g/mol. The van der Waals surface area contributed by atoms with Crippen LogP contribution in [0.3, 0.4) is 0 Å². The minimum atomic E-state index is -0.332. The summed E-state index contributed by atoms with van der Waals surface area (Å²) in [5.74, 6) is 1.48. The van der Waals surface area contributed by atoms with Crippen LogP contribution < -0.4 is 5.32 Å². The molecule has 2 fully saturated rings. The molecule has 1 amide bonds. The number of thioether (sulfide) groups is 1. The van der Waals surface area contributed by atoms with Gasteiger partial charge < -0.3 is 9.88 Å². The molecule has 5 nitrogen and oxygen atoms in total. The van der Waals surface area contributed by atoms with Gasteiger partial charge in [0.25, 0.3) is 0 Å². The van der Waals surface area contributed by atoms with Crippen LogP contribution >= 0.6 is 35.0 Å². The summed E-state index contributed by atoms with van der Waals surface area (Å²) in [5.41, 5.74) is 0.450. The number of carbonyl (C=O) groups is 1. The zero-order chi connectivity index (χ0) is 17.6. The Labute approximate surface area is 160 Å². The van der Waals surface area contributed by atoms with E-state index in [1.165, 1.54) is 37.4 Å². The van der Waals surface area contributed by atoms with Crippen molar-refractivity contribution in [1.29, 1.82) is 0 Å². The Balaban J connectivity index is 1.48. The second kappa shape index (κ2) is 6.82. The number of anilines is 1. The molecule has 1 heterocycles. The van der Waals surface area contributed by atoms with Crippen LogP contribution in [0.4, 0.5) is 5.69 Å². The average Bonchev–Trinajstić information content (AvgIpc) is 3.50. The van der Waals surface area contributed by atoms with Gasteiger partial charge in [0.05, 0.1) is 21.0 Å². The fraction of sp³-hybridized carbons (Fsp3) is 0.471. The Hall–Kier alpha value is -1.24. The van der Waals surface area contributed by atoms with E-state index in [9.17, 15) is 4.79 Å². The van der Waals surface area contributed by atoms with Gasteiger partial charge in [-0.1, -0.05) is 41.0 Å². The van der Waals surface area contributed by atoms with Gasteiger partial charge in [-0.05, 0) is 44.7 Å². The highest BCUT2D eigenvalue weighted by atomic mass is 35.5. The molecule has 2 aliphatic rings. The third-order valence-corrected chi connectivity index (χ3v) is 6.09. The number of amides is 1. The molecule has 132 valence electrons. The van der Waals surface area contributed by atoms with E-state index in [-0.39, 0.29) is 11.2 Å². The summed E-state index contributed by atoms with van der Waals surface area (Å²) < 4.78 is 2.24. The molecule has 0 spiro atoms. The SMILES string of the molecule is C[C@@H](Sc1nnc(C2CC2)n1C1CC1)C(=O)Nc1c(Cl)cccc1Cl. The predicted octanol–water partition coefficient (Wildman–Crippen LogP) is 4.92. The summed E-state index contributed by atoms with van der Waals surface area (Å²) in [6, 6.07) is 5.65. The van der Waals surface area contributed by atoms with Crippen LogP contribution in [0.2, 0.25) is 10.0 Å². The maximum Gasteiger partial charge on any atom is 0.237 e. The summed E-state index contributed by atoms with van der Waals surface area (Å²) in [4.78, 5) is 12.6. The molecule has 1 aromatic carbocycles. The van der Waals surface area contributed by atoms with E-state index in [1.54, 1.807) is 18.2 Å². The van der Waals surface area contributed by atoms with Gasteiger partial charge in [-0.3, -0.25) is 4.79 Å². The van der Waals surface area contributed by atoms with E-state index in [0.717, 1.165) is 11.0 Å². The maximum atomic E-state index is 12.6. The van der Waals surface area contributed by atoms with Gasteiger partial charge in [0, 0.05) is 12.0 Å². The molecule has 0 saturated heterocycles. The fourth-order valence-electron chi connectivity index (χ4n) is 2.72. The zero-order valence-corrected chi connectivity index (χ0v) is 16.0. The molecule has 8 heteroatoms. The molecule has 0 bridgehead atoms. The molecule has 2 aliphatic carbocycles. The minimum Gasteiger partial charge on any atom is -0.323 e. The highest BCUT2D eigenvalue weighted by molar-refractivity contribution is 8.00. The van der Waals surface area contributed by atoms with E-state index in [4.69, 9.17) is 23.2 Å². The van der Waals surface area contributed by atoms with E-state index in [1.807, 2.05) is 6.92 Å². The third kappa shape index (κ3) is 3.66. The standard InChI is InChI=1S/C17H18Cl2N4OS/c1-9(16(24)20-14-12(18)3-2-4-13(14)19)25-17-22-21-15(10-5-6-10)23(17)11-7-8-11/h2-4,9-11H,5-8H2,1H3,(H,20,24)/t9-/m1/s1. The van der Waals surface area contributed by atoms with Gasteiger partial charge in [-0.25, -0.2) is 0 Å². The first-order valence-corrected chi connectivity index (χ1v) is 10.0. The monoisotopic (exact) mass is 396 g/mol. The number of benzene rings is 1. The van der Waals surface area contributed by atoms with E-state index in [2.05, 4.69) is 20.1 Å². The van der Waals surface area contributed by atoms with Gasteiger partial charge in [-0.2, -0.15) is 0 Å². The lowest BCUT2D eigenvalue weighted by molar-refractivity contribution is -0.115. The quantitative estimate of drug-likeness (QED) is 0.704. The van der Waals surface area contributed by atoms with Crippen molar-refractivity contribution < 1.29 is 4.79 Å². The summed E-state index contributed by atoms with van der Waals surface area (Å²) >= 11 is 13.7. The number of carbonyl (C=O) groups excluding carboxylic acids is 1. The van der Waals surface area contributed by atoms with Crippen molar-refractivity contribution in [3.8, 4) is 0 Å². The molecule has 0 aliphatic heterocycles.